The number of likely N-dealkylation sites (tertiary alicyclic amines) is 1. The van der Waals surface area contributed by atoms with Crippen molar-refractivity contribution in [2.75, 3.05) is 38.7 Å². The third kappa shape index (κ3) is 3.08. The zero-order valence-electron chi connectivity index (χ0n) is 14.1. The van der Waals surface area contributed by atoms with Crippen molar-refractivity contribution < 1.29 is 9.47 Å². The molecule has 0 aliphatic carbocycles. The van der Waals surface area contributed by atoms with Crippen molar-refractivity contribution in [1.82, 2.24) is 4.90 Å². The fraction of sp³-hybridized carbons (Fsp3) is 0.667. The highest BCUT2D eigenvalue weighted by Gasteiger charge is 2.25. The molecule has 0 spiro atoms. The maximum absolute atomic E-state index is 5.75. The molecule has 22 heavy (non-hydrogen) atoms. The highest BCUT2D eigenvalue weighted by Crippen LogP contribution is 2.37. The van der Waals surface area contributed by atoms with Gasteiger partial charge in [0.05, 0.1) is 13.2 Å². The zero-order valence-corrected chi connectivity index (χ0v) is 14.1. The molecule has 0 unspecified atom stereocenters. The maximum atomic E-state index is 5.75. The average Bonchev–Trinajstić information content (AvgIpc) is 3.02. The Balaban J connectivity index is 1.74. The molecular formula is C18H28N2O2. The fourth-order valence-corrected chi connectivity index (χ4v) is 3.78. The van der Waals surface area contributed by atoms with Crippen LogP contribution in [0.25, 0.3) is 0 Å². The van der Waals surface area contributed by atoms with E-state index in [-0.39, 0.29) is 0 Å². The molecule has 1 aromatic rings. The number of benzene rings is 1. The van der Waals surface area contributed by atoms with Gasteiger partial charge in [0.15, 0.2) is 0 Å². The molecule has 1 fully saturated rings. The average molecular weight is 304 g/mol. The Bertz CT molecular complexity index is 522. The predicted molar refractivity (Wildman–Crippen MR) is 89.8 cm³/mol. The summed E-state index contributed by atoms with van der Waals surface area (Å²) in [5, 5.41) is 3.53. The SMILES string of the molecule is CCOC1CCN(Cc2c(OC)cc(C)c3c2CCN3)CC1. The van der Waals surface area contributed by atoms with Gasteiger partial charge in [0, 0.05) is 44.0 Å². The van der Waals surface area contributed by atoms with E-state index in [9.17, 15) is 0 Å². The summed E-state index contributed by atoms with van der Waals surface area (Å²) < 4.78 is 11.4. The van der Waals surface area contributed by atoms with Crippen molar-refractivity contribution in [3.63, 3.8) is 0 Å². The lowest BCUT2D eigenvalue weighted by Gasteiger charge is -2.32. The molecule has 4 nitrogen and oxygen atoms in total. The van der Waals surface area contributed by atoms with Crippen LogP contribution in [0.5, 0.6) is 5.75 Å². The van der Waals surface area contributed by atoms with Gasteiger partial charge in [0.25, 0.3) is 0 Å². The molecule has 0 atom stereocenters. The molecule has 4 heteroatoms. The van der Waals surface area contributed by atoms with Crippen molar-refractivity contribution in [3.05, 3.63) is 22.8 Å². The molecule has 0 aromatic heterocycles. The van der Waals surface area contributed by atoms with Crippen molar-refractivity contribution in [2.24, 2.45) is 0 Å². The minimum atomic E-state index is 0.452. The normalized spacial score (nSPS) is 19.0. The van der Waals surface area contributed by atoms with Gasteiger partial charge in [-0.15, -0.1) is 0 Å². The standard InChI is InChI=1S/C18H28N2O2/c1-4-22-14-6-9-20(10-7-14)12-16-15-5-8-19-18(15)13(2)11-17(16)21-3/h11,14,19H,4-10,12H2,1-3H3. The number of nitrogens with one attached hydrogen (secondary N) is 1. The largest absolute Gasteiger partial charge is 0.496 e. The summed E-state index contributed by atoms with van der Waals surface area (Å²) in [6.45, 7) is 9.34. The van der Waals surface area contributed by atoms with Crippen molar-refractivity contribution in [3.8, 4) is 5.75 Å². The van der Waals surface area contributed by atoms with Gasteiger partial charge in [-0.1, -0.05) is 0 Å². The molecule has 0 saturated carbocycles. The van der Waals surface area contributed by atoms with Gasteiger partial charge in [-0.3, -0.25) is 4.90 Å². The number of methoxy groups -OCH3 is 1. The highest BCUT2D eigenvalue weighted by atomic mass is 16.5. The number of fused-ring (bicyclic) bond motifs is 1. The van der Waals surface area contributed by atoms with Crippen LogP contribution in [0.4, 0.5) is 5.69 Å². The maximum Gasteiger partial charge on any atom is 0.124 e. The molecule has 2 heterocycles. The summed E-state index contributed by atoms with van der Waals surface area (Å²) in [7, 11) is 1.79. The first-order chi connectivity index (χ1) is 10.7. The Morgan fingerprint density at radius 2 is 2.09 bits per heavy atom. The molecule has 122 valence electrons. The third-order valence-electron chi connectivity index (χ3n) is 4.92. The van der Waals surface area contributed by atoms with E-state index in [0.717, 1.165) is 57.8 Å². The zero-order chi connectivity index (χ0) is 15.5. The number of hydrogen-bond acceptors (Lipinski definition) is 4. The smallest absolute Gasteiger partial charge is 0.124 e. The van der Waals surface area contributed by atoms with E-state index in [1.807, 2.05) is 0 Å². The van der Waals surface area contributed by atoms with Crippen LogP contribution < -0.4 is 10.1 Å². The van der Waals surface area contributed by atoms with Gasteiger partial charge in [-0.25, -0.2) is 0 Å². The van der Waals surface area contributed by atoms with Crippen LogP contribution in [0.3, 0.4) is 0 Å². The first-order valence-corrected chi connectivity index (χ1v) is 8.50. The second-order valence-corrected chi connectivity index (χ2v) is 6.34. The van der Waals surface area contributed by atoms with Crippen LogP contribution >= 0.6 is 0 Å². The van der Waals surface area contributed by atoms with E-state index in [1.54, 1.807) is 7.11 Å². The fourth-order valence-electron chi connectivity index (χ4n) is 3.78. The predicted octanol–water partition coefficient (Wildman–Crippen LogP) is 2.97. The van der Waals surface area contributed by atoms with E-state index in [0.29, 0.717) is 6.10 Å². The van der Waals surface area contributed by atoms with Crippen molar-refractivity contribution in [1.29, 1.82) is 0 Å². The van der Waals surface area contributed by atoms with Gasteiger partial charge in [-0.05, 0) is 50.3 Å². The minimum Gasteiger partial charge on any atom is -0.496 e. The number of anilines is 1. The summed E-state index contributed by atoms with van der Waals surface area (Å²) in [5.74, 6) is 1.05. The molecule has 0 bridgehead atoms. The number of rotatable bonds is 5. The summed E-state index contributed by atoms with van der Waals surface area (Å²) >= 11 is 0. The topological polar surface area (TPSA) is 33.7 Å². The molecule has 1 saturated heterocycles. The van der Waals surface area contributed by atoms with Crippen LogP contribution in [0.2, 0.25) is 0 Å². The number of aryl methyl sites for hydroxylation is 1. The van der Waals surface area contributed by atoms with E-state index >= 15 is 0 Å². The second-order valence-electron chi connectivity index (χ2n) is 6.34. The van der Waals surface area contributed by atoms with Crippen LogP contribution in [0.15, 0.2) is 6.07 Å². The molecule has 0 radical (unpaired) electrons. The van der Waals surface area contributed by atoms with E-state index in [2.05, 4.69) is 30.1 Å². The molecular weight excluding hydrogens is 276 g/mol. The van der Waals surface area contributed by atoms with Gasteiger partial charge >= 0.3 is 0 Å². The van der Waals surface area contributed by atoms with Gasteiger partial charge in [-0.2, -0.15) is 0 Å². The van der Waals surface area contributed by atoms with Crippen LogP contribution in [0.1, 0.15) is 36.5 Å². The van der Waals surface area contributed by atoms with Crippen molar-refractivity contribution in [2.45, 2.75) is 45.8 Å². The summed E-state index contributed by atoms with van der Waals surface area (Å²) in [5.41, 5.74) is 5.47. The second kappa shape index (κ2) is 6.88. The van der Waals surface area contributed by atoms with Gasteiger partial charge in [0.1, 0.15) is 5.75 Å². The van der Waals surface area contributed by atoms with E-state index in [1.165, 1.54) is 22.4 Å². The van der Waals surface area contributed by atoms with Crippen LogP contribution in [-0.4, -0.2) is 44.4 Å². The van der Waals surface area contributed by atoms with Gasteiger partial charge < -0.3 is 14.8 Å². The Kier molecular flexibility index (Phi) is 4.89. The quantitative estimate of drug-likeness (QED) is 0.907. The molecule has 2 aliphatic heterocycles. The Morgan fingerprint density at radius 1 is 1.32 bits per heavy atom. The Labute approximate surface area is 133 Å². The lowest BCUT2D eigenvalue weighted by Crippen LogP contribution is -2.36. The Morgan fingerprint density at radius 3 is 2.77 bits per heavy atom. The summed E-state index contributed by atoms with van der Waals surface area (Å²) in [6, 6.07) is 2.18. The molecule has 2 aliphatic rings. The number of piperidine rings is 1. The minimum absolute atomic E-state index is 0.452. The highest BCUT2D eigenvalue weighted by molar-refractivity contribution is 5.67. The lowest BCUT2D eigenvalue weighted by atomic mass is 9.98. The van der Waals surface area contributed by atoms with Crippen LogP contribution in [-0.2, 0) is 17.7 Å². The van der Waals surface area contributed by atoms with E-state index < -0.39 is 0 Å². The summed E-state index contributed by atoms with van der Waals surface area (Å²) in [4.78, 5) is 2.54. The lowest BCUT2D eigenvalue weighted by molar-refractivity contribution is 0.0123. The molecule has 0 amide bonds. The van der Waals surface area contributed by atoms with Crippen LogP contribution in [0, 0.1) is 6.92 Å². The molecule has 1 N–H and O–H groups in total. The number of hydrogen-bond donors (Lipinski definition) is 1. The van der Waals surface area contributed by atoms with Crippen molar-refractivity contribution >= 4 is 5.69 Å². The molecule has 3 rings (SSSR count). The number of nitrogens with zero attached hydrogens (tertiary/aromatic N) is 1. The first-order valence-electron chi connectivity index (χ1n) is 8.50. The third-order valence-corrected chi connectivity index (χ3v) is 4.92. The monoisotopic (exact) mass is 304 g/mol. The Hall–Kier alpha value is -1.26. The van der Waals surface area contributed by atoms with Gasteiger partial charge in [0.2, 0.25) is 0 Å². The first kappa shape index (κ1) is 15.6. The number of ether oxygens (including phenoxy) is 2. The summed E-state index contributed by atoms with van der Waals surface area (Å²) in [6.07, 6.45) is 3.84. The van der Waals surface area contributed by atoms with E-state index in [4.69, 9.17) is 9.47 Å². The molecule has 1 aromatic carbocycles.